The van der Waals surface area contributed by atoms with E-state index in [1.807, 2.05) is 6.92 Å². The van der Waals surface area contributed by atoms with Crippen molar-refractivity contribution in [2.24, 2.45) is 0 Å². The third-order valence-corrected chi connectivity index (χ3v) is 1.37. The highest BCUT2D eigenvalue weighted by Gasteiger charge is 2.10. The van der Waals surface area contributed by atoms with Crippen molar-refractivity contribution in [1.82, 2.24) is 0 Å². The minimum absolute atomic E-state index is 0.193. The summed E-state index contributed by atoms with van der Waals surface area (Å²) in [6.45, 7) is 2.69. The lowest BCUT2D eigenvalue weighted by Gasteiger charge is -2.11. The van der Waals surface area contributed by atoms with E-state index >= 15 is 0 Å². The van der Waals surface area contributed by atoms with Crippen molar-refractivity contribution in [3.05, 3.63) is 0 Å². The van der Waals surface area contributed by atoms with Crippen molar-refractivity contribution < 1.29 is 14.3 Å². The van der Waals surface area contributed by atoms with Crippen molar-refractivity contribution in [3.8, 4) is 0 Å². The molecular formula is C6H10Cl2O3. The smallest absolute Gasteiger partial charge is 0.404 e. The van der Waals surface area contributed by atoms with Crippen LogP contribution in [0.2, 0.25) is 0 Å². The Labute approximate surface area is 75.6 Å². The van der Waals surface area contributed by atoms with Gasteiger partial charge in [-0.2, -0.15) is 0 Å². The van der Waals surface area contributed by atoms with Crippen molar-refractivity contribution in [1.29, 1.82) is 0 Å². The summed E-state index contributed by atoms with van der Waals surface area (Å²) in [5.74, 6) is 0.193. The van der Waals surface area contributed by atoms with E-state index < -0.39 is 11.5 Å². The molecule has 0 bridgehead atoms. The van der Waals surface area contributed by atoms with Crippen molar-refractivity contribution in [2.75, 3.05) is 19.1 Å². The van der Waals surface area contributed by atoms with Gasteiger partial charge >= 0.3 is 5.43 Å². The van der Waals surface area contributed by atoms with Crippen molar-refractivity contribution in [2.45, 2.75) is 13.0 Å². The zero-order valence-corrected chi connectivity index (χ0v) is 7.69. The predicted molar refractivity (Wildman–Crippen MR) is 43.3 cm³/mol. The highest BCUT2D eigenvalue weighted by molar-refractivity contribution is 6.61. The molecule has 0 aromatic heterocycles. The van der Waals surface area contributed by atoms with Crippen LogP contribution in [0.5, 0.6) is 0 Å². The molecule has 3 nitrogen and oxygen atoms in total. The lowest BCUT2D eigenvalue weighted by molar-refractivity contribution is 0.0450. The second-order valence-corrected chi connectivity index (χ2v) is 2.41. The summed E-state index contributed by atoms with van der Waals surface area (Å²) in [5, 5.41) is 0. The molecule has 0 rings (SSSR count). The number of alkyl halides is 1. The first kappa shape index (κ1) is 11.0. The lowest BCUT2D eigenvalue weighted by atomic mass is 10.4. The van der Waals surface area contributed by atoms with Crippen LogP contribution in [0.4, 0.5) is 4.79 Å². The van der Waals surface area contributed by atoms with Gasteiger partial charge in [0.1, 0.15) is 6.10 Å². The molecule has 0 aliphatic carbocycles. The Morgan fingerprint density at radius 2 is 2.27 bits per heavy atom. The average Bonchev–Trinajstić information content (AvgIpc) is 1.97. The van der Waals surface area contributed by atoms with Gasteiger partial charge in [0.15, 0.2) is 0 Å². The molecule has 0 radical (unpaired) electrons. The minimum Gasteiger partial charge on any atom is -0.447 e. The molecule has 0 N–H and O–H groups in total. The summed E-state index contributed by atoms with van der Waals surface area (Å²) in [5.41, 5.74) is -0.852. The molecule has 0 aliphatic rings. The molecule has 1 atom stereocenters. The van der Waals surface area contributed by atoms with Gasteiger partial charge in [0.05, 0.1) is 12.5 Å². The number of hydrogen-bond donors (Lipinski definition) is 0. The fraction of sp³-hybridized carbons (Fsp3) is 0.833. The molecule has 0 saturated carbocycles. The molecule has 66 valence electrons. The van der Waals surface area contributed by atoms with Gasteiger partial charge in [0, 0.05) is 18.2 Å². The van der Waals surface area contributed by atoms with Crippen molar-refractivity contribution >= 4 is 28.6 Å². The molecule has 0 saturated heterocycles. The first-order valence-corrected chi connectivity index (χ1v) is 4.11. The van der Waals surface area contributed by atoms with E-state index in [0.29, 0.717) is 13.2 Å². The van der Waals surface area contributed by atoms with E-state index in [2.05, 4.69) is 4.74 Å². The molecule has 0 aromatic carbocycles. The summed E-state index contributed by atoms with van der Waals surface area (Å²) in [6.07, 6.45) is -0.443. The quantitative estimate of drug-likeness (QED) is 0.504. The maximum Gasteiger partial charge on any atom is 0.404 e. The average molecular weight is 201 g/mol. The summed E-state index contributed by atoms with van der Waals surface area (Å²) >= 11 is 10.4. The maximum atomic E-state index is 10.2. The number of ether oxygens (including phenoxy) is 2. The van der Waals surface area contributed by atoms with Gasteiger partial charge in [-0.15, -0.1) is 11.6 Å². The summed E-state index contributed by atoms with van der Waals surface area (Å²) in [4.78, 5) is 10.2. The van der Waals surface area contributed by atoms with Crippen LogP contribution in [0.1, 0.15) is 6.92 Å². The summed E-state index contributed by atoms with van der Waals surface area (Å²) in [7, 11) is 0. The highest BCUT2D eigenvalue weighted by atomic mass is 35.5. The molecule has 0 heterocycles. The van der Waals surface area contributed by atoms with E-state index in [4.69, 9.17) is 27.9 Å². The Bertz CT molecular complexity index is 118. The molecule has 1 unspecified atom stereocenters. The van der Waals surface area contributed by atoms with Crippen molar-refractivity contribution in [3.63, 3.8) is 0 Å². The van der Waals surface area contributed by atoms with Gasteiger partial charge < -0.3 is 9.47 Å². The largest absolute Gasteiger partial charge is 0.447 e. The van der Waals surface area contributed by atoms with Crippen LogP contribution in [-0.2, 0) is 9.47 Å². The first-order valence-electron chi connectivity index (χ1n) is 3.20. The third kappa shape index (κ3) is 6.41. The van der Waals surface area contributed by atoms with Gasteiger partial charge in [-0.05, 0) is 6.92 Å². The zero-order valence-electron chi connectivity index (χ0n) is 6.18. The summed E-state index contributed by atoms with van der Waals surface area (Å²) in [6, 6.07) is 0. The second kappa shape index (κ2) is 6.70. The zero-order chi connectivity index (χ0) is 8.69. The fourth-order valence-corrected chi connectivity index (χ4v) is 0.768. The summed E-state index contributed by atoms with van der Waals surface area (Å²) < 4.78 is 9.54. The van der Waals surface area contributed by atoms with Crippen LogP contribution in [0.3, 0.4) is 0 Å². The third-order valence-electron chi connectivity index (χ3n) is 0.939. The normalized spacial score (nSPS) is 12.6. The van der Waals surface area contributed by atoms with Crippen LogP contribution in [0.25, 0.3) is 0 Å². The van der Waals surface area contributed by atoms with E-state index in [0.717, 1.165) is 0 Å². The fourth-order valence-electron chi connectivity index (χ4n) is 0.490. The molecule has 0 aliphatic heterocycles. The Kier molecular flexibility index (Phi) is 6.71. The van der Waals surface area contributed by atoms with Gasteiger partial charge in [-0.25, -0.2) is 4.79 Å². The molecule has 0 fully saturated rings. The maximum absolute atomic E-state index is 10.2. The van der Waals surface area contributed by atoms with Crippen LogP contribution >= 0.6 is 23.2 Å². The van der Waals surface area contributed by atoms with Gasteiger partial charge in [-0.3, -0.25) is 0 Å². The Hall–Kier alpha value is 0.01000. The standard InChI is InChI=1S/C6H10Cl2O3/c1-2-10-4-5(3-7)11-6(8)9/h5H,2-4H2,1H3. The SMILES string of the molecule is CCOCC(CCl)OC(=O)Cl. The second-order valence-electron chi connectivity index (χ2n) is 1.79. The Morgan fingerprint density at radius 1 is 1.64 bits per heavy atom. The Balaban J connectivity index is 3.49. The molecule has 0 spiro atoms. The first-order chi connectivity index (χ1) is 5.20. The molecule has 0 aromatic rings. The number of hydrogen-bond acceptors (Lipinski definition) is 3. The predicted octanol–water partition coefficient (Wildman–Crippen LogP) is 2.01. The van der Waals surface area contributed by atoms with Gasteiger partial charge in [-0.1, -0.05) is 0 Å². The van der Waals surface area contributed by atoms with E-state index in [9.17, 15) is 4.79 Å². The molecule has 11 heavy (non-hydrogen) atoms. The Morgan fingerprint density at radius 3 is 2.64 bits per heavy atom. The number of carbonyl (C=O) groups excluding carboxylic acids is 1. The molecule has 0 amide bonds. The van der Waals surface area contributed by atoms with Crippen LogP contribution < -0.4 is 0 Å². The van der Waals surface area contributed by atoms with Crippen LogP contribution in [0.15, 0.2) is 0 Å². The lowest BCUT2D eigenvalue weighted by Crippen LogP contribution is -2.22. The molecule has 5 heteroatoms. The number of halogens is 2. The molecular weight excluding hydrogens is 191 g/mol. The van der Waals surface area contributed by atoms with E-state index in [1.54, 1.807) is 0 Å². The number of rotatable bonds is 5. The van der Waals surface area contributed by atoms with Gasteiger partial charge in [0.25, 0.3) is 0 Å². The van der Waals surface area contributed by atoms with Gasteiger partial charge in [0.2, 0.25) is 0 Å². The van der Waals surface area contributed by atoms with E-state index in [-0.39, 0.29) is 5.88 Å². The van der Waals surface area contributed by atoms with Crippen LogP contribution in [-0.4, -0.2) is 30.6 Å². The van der Waals surface area contributed by atoms with E-state index in [1.165, 1.54) is 0 Å². The topological polar surface area (TPSA) is 35.5 Å². The van der Waals surface area contributed by atoms with Crippen LogP contribution in [0, 0.1) is 0 Å². The monoisotopic (exact) mass is 200 g/mol. The minimum atomic E-state index is -0.852. The number of carbonyl (C=O) groups is 1. The highest BCUT2D eigenvalue weighted by Crippen LogP contribution is 2.00.